The lowest BCUT2D eigenvalue weighted by Gasteiger charge is -2.22. The lowest BCUT2D eigenvalue weighted by atomic mass is 10.1. The molecule has 2 rings (SSSR count). The van der Waals surface area contributed by atoms with Gasteiger partial charge >= 0.3 is 0 Å². The molecule has 1 fully saturated rings. The molecule has 1 N–H and O–H groups in total. The second-order valence-electron chi connectivity index (χ2n) is 5.28. The number of carbonyl (C=O) groups is 2. The third-order valence-electron chi connectivity index (χ3n) is 3.57. The molecule has 0 spiro atoms. The van der Waals surface area contributed by atoms with Crippen LogP contribution in [-0.2, 0) is 11.3 Å². The van der Waals surface area contributed by atoms with E-state index in [-0.39, 0.29) is 11.8 Å². The third kappa shape index (κ3) is 3.59. The summed E-state index contributed by atoms with van der Waals surface area (Å²) in [4.78, 5) is 25.6. The minimum atomic E-state index is -0.0855. The van der Waals surface area contributed by atoms with E-state index in [1.165, 1.54) is 0 Å². The number of hydrogen-bond acceptors (Lipinski definition) is 2. The fourth-order valence-corrected chi connectivity index (χ4v) is 2.27. The van der Waals surface area contributed by atoms with Crippen molar-refractivity contribution in [2.45, 2.75) is 45.2 Å². The minimum absolute atomic E-state index is 0.0855. The molecule has 0 bridgehead atoms. The number of benzene rings is 1. The average molecular weight is 274 g/mol. The zero-order valence-electron chi connectivity index (χ0n) is 12.2. The maximum absolute atomic E-state index is 12.1. The molecule has 0 aromatic heterocycles. The van der Waals surface area contributed by atoms with Crippen molar-refractivity contribution in [2.75, 3.05) is 7.05 Å². The molecule has 4 heteroatoms. The normalized spacial score (nSPS) is 13.9. The van der Waals surface area contributed by atoms with E-state index < -0.39 is 0 Å². The summed E-state index contributed by atoms with van der Waals surface area (Å²) in [5, 5.41) is 2.60. The van der Waals surface area contributed by atoms with Crippen LogP contribution in [0.15, 0.2) is 24.3 Å². The van der Waals surface area contributed by atoms with Gasteiger partial charge in [-0.15, -0.1) is 0 Å². The van der Waals surface area contributed by atoms with Gasteiger partial charge < -0.3 is 10.2 Å². The molecule has 4 nitrogen and oxygen atoms in total. The highest BCUT2D eigenvalue weighted by Crippen LogP contribution is 2.29. The maximum Gasteiger partial charge on any atom is 0.251 e. The topological polar surface area (TPSA) is 49.4 Å². The summed E-state index contributed by atoms with van der Waals surface area (Å²) < 4.78 is 0. The minimum Gasteiger partial charge on any atom is -0.355 e. The molecule has 0 heterocycles. The SMILES string of the molecule is CCCC(=O)N(Cc1ccc(C(=O)NC)cc1)C1CC1. The summed E-state index contributed by atoms with van der Waals surface area (Å²) in [6.07, 6.45) is 3.74. The van der Waals surface area contributed by atoms with Gasteiger partial charge in [-0.2, -0.15) is 0 Å². The first-order chi connectivity index (χ1) is 9.65. The van der Waals surface area contributed by atoms with Gasteiger partial charge in [-0.3, -0.25) is 9.59 Å². The van der Waals surface area contributed by atoms with Crippen molar-refractivity contribution < 1.29 is 9.59 Å². The monoisotopic (exact) mass is 274 g/mol. The predicted octanol–water partition coefficient (Wildman–Crippen LogP) is 2.34. The summed E-state index contributed by atoms with van der Waals surface area (Å²) in [5.74, 6) is 0.156. The van der Waals surface area contributed by atoms with Crippen molar-refractivity contribution in [3.05, 3.63) is 35.4 Å². The zero-order valence-corrected chi connectivity index (χ0v) is 12.2. The first-order valence-electron chi connectivity index (χ1n) is 7.26. The van der Waals surface area contributed by atoms with E-state index >= 15 is 0 Å². The molecular formula is C16H22N2O2. The predicted molar refractivity (Wildman–Crippen MR) is 78.3 cm³/mol. The van der Waals surface area contributed by atoms with Crippen LogP contribution in [0.1, 0.15) is 48.5 Å². The second-order valence-corrected chi connectivity index (χ2v) is 5.28. The fourth-order valence-electron chi connectivity index (χ4n) is 2.27. The van der Waals surface area contributed by atoms with Crippen molar-refractivity contribution in [3.63, 3.8) is 0 Å². The highest BCUT2D eigenvalue weighted by Gasteiger charge is 2.31. The van der Waals surface area contributed by atoms with Crippen LogP contribution in [0.4, 0.5) is 0 Å². The summed E-state index contributed by atoms with van der Waals surface area (Å²) in [6.45, 7) is 2.68. The Morgan fingerprint density at radius 2 is 1.90 bits per heavy atom. The number of nitrogens with one attached hydrogen (secondary N) is 1. The van der Waals surface area contributed by atoms with E-state index in [1.54, 1.807) is 7.05 Å². The lowest BCUT2D eigenvalue weighted by molar-refractivity contribution is -0.132. The first kappa shape index (κ1) is 14.6. The molecule has 1 aromatic carbocycles. The van der Waals surface area contributed by atoms with Gasteiger partial charge in [-0.1, -0.05) is 19.1 Å². The molecule has 1 aliphatic rings. The van der Waals surface area contributed by atoms with Crippen LogP contribution < -0.4 is 5.32 Å². The van der Waals surface area contributed by atoms with Crippen LogP contribution in [-0.4, -0.2) is 29.8 Å². The Labute approximate surface area is 120 Å². The lowest BCUT2D eigenvalue weighted by Crippen LogP contribution is -2.32. The summed E-state index contributed by atoms with van der Waals surface area (Å²) in [5.41, 5.74) is 1.73. The molecule has 0 aliphatic heterocycles. The molecule has 0 atom stereocenters. The molecular weight excluding hydrogens is 252 g/mol. The summed E-state index contributed by atoms with van der Waals surface area (Å²) >= 11 is 0. The van der Waals surface area contributed by atoms with Crippen LogP contribution in [0.5, 0.6) is 0 Å². The van der Waals surface area contributed by atoms with E-state index in [1.807, 2.05) is 36.1 Å². The zero-order chi connectivity index (χ0) is 14.5. The smallest absolute Gasteiger partial charge is 0.251 e. The van der Waals surface area contributed by atoms with Crippen molar-refractivity contribution in [1.82, 2.24) is 10.2 Å². The van der Waals surface area contributed by atoms with Crippen molar-refractivity contribution >= 4 is 11.8 Å². The molecule has 1 aliphatic carbocycles. The first-order valence-corrected chi connectivity index (χ1v) is 7.26. The van der Waals surface area contributed by atoms with Gasteiger partial charge in [0.1, 0.15) is 0 Å². The number of hydrogen-bond donors (Lipinski definition) is 1. The van der Waals surface area contributed by atoms with Gasteiger partial charge in [0.15, 0.2) is 0 Å². The molecule has 108 valence electrons. The largest absolute Gasteiger partial charge is 0.355 e. The number of amides is 2. The van der Waals surface area contributed by atoms with Crippen molar-refractivity contribution in [2.24, 2.45) is 0 Å². The van der Waals surface area contributed by atoms with Gasteiger partial charge in [0.2, 0.25) is 5.91 Å². The van der Waals surface area contributed by atoms with Crippen LogP contribution in [0, 0.1) is 0 Å². The Bertz CT molecular complexity index is 478. The molecule has 0 radical (unpaired) electrons. The summed E-state index contributed by atoms with van der Waals surface area (Å²) in [7, 11) is 1.62. The van der Waals surface area contributed by atoms with Gasteiger partial charge in [0, 0.05) is 31.6 Å². The van der Waals surface area contributed by atoms with Crippen LogP contribution in [0.2, 0.25) is 0 Å². The number of nitrogens with zero attached hydrogens (tertiary/aromatic N) is 1. The van der Waals surface area contributed by atoms with Gasteiger partial charge in [-0.25, -0.2) is 0 Å². The molecule has 0 saturated heterocycles. The Hall–Kier alpha value is -1.84. The quantitative estimate of drug-likeness (QED) is 0.865. The molecule has 2 amide bonds. The fraction of sp³-hybridized carbons (Fsp3) is 0.500. The van der Waals surface area contributed by atoms with Crippen molar-refractivity contribution in [1.29, 1.82) is 0 Å². The third-order valence-corrected chi connectivity index (χ3v) is 3.57. The number of rotatable bonds is 6. The van der Waals surface area contributed by atoms with E-state index in [2.05, 4.69) is 5.32 Å². The van der Waals surface area contributed by atoms with E-state index in [0.29, 0.717) is 24.6 Å². The van der Waals surface area contributed by atoms with Crippen LogP contribution in [0.25, 0.3) is 0 Å². The standard InChI is InChI=1S/C16H22N2O2/c1-3-4-15(19)18(14-9-10-14)11-12-5-7-13(8-6-12)16(20)17-2/h5-8,14H,3-4,9-11H2,1-2H3,(H,17,20). The molecule has 1 aromatic rings. The Balaban J connectivity index is 2.03. The highest BCUT2D eigenvalue weighted by atomic mass is 16.2. The second kappa shape index (κ2) is 6.55. The van der Waals surface area contributed by atoms with E-state index in [4.69, 9.17) is 0 Å². The molecule has 0 unspecified atom stereocenters. The number of carbonyl (C=O) groups excluding carboxylic acids is 2. The molecule has 20 heavy (non-hydrogen) atoms. The van der Waals surface area contributed by atoms with Crippen molar-refractivity contribution in [3.8, 4) is 0 Å². The maximum atomic E-state index is 12.1. The average Bonchev–Trinajstić information content (AvgIpc) is 3.29. The van der Waals surface area contributed by atoms with Crippen LogP contribution >= 0.6 is 0 Å². The summed E-state index contributed by atoms with van der Waals surface area (Å²) in [6, 6.07) is 7.90. The highest BCUT2D eigenvalue weighted by molar-refractivity contribution is 5.93. The van der Waals surface area contributed by atoms with Gasteiger partial charge in [0.05, 0.1) is 0 Å². The Morgan fingerprint density at radius 1 is 1.25 bits per heavy atom. The van der Waals surface area contributed by atoms with E-state index in [0.717, 1.165) is 24.8 Å². The Kier molecular flexibility index (Phi) is 4.77. The Morgan fingerprint density at radius 3 is 2.40 bits per heavy atom. The van der Waals surface area contributed by atoms with Gasteiger partial charge in [0.25, 0.3) is 5.91 Å². The molecule has 1 saturated carbocycles. The van der Waals surface area contributed by atoms with Crippen LogP contribution in [0.3, 0.4) is 0 Å². The van der Waals surface area contributed by atoms with Gasteiger partial charge in [-0.05, 0) is 37.0 Å². The van der Waals surface area contributed by atoms with E-state index in [9.17, 15) is 9.59 Å².